The van der Waals surface area contributed by atoms with Crippen molar-refractivity contribution in [2.75, 3.05) is 0 Å². The van der Waals surface area contributed by atoms with E-state index < -0.39 is 32.3 Å². The lowest BCUT2D eigenvalue weighted by molar-refractivity contribution is 0.838. The Morgan fingerprint density at radius 1 is 0.278 bits per heavy atom. The third kappa shape index (κ3) is 10.8. The van der Waals surface area contributed by atoms with Gasteiger partial charge in [-0.2, -0.15) is 0 Å². The Balaban J connectivity index is 2.16. The number of H-pyrrole nitrogens is 2. The number of nitrogens with zero attached hydrogens (tertiary/aromatic N) is 2. The van der Waals surface area contributed by atoms with E-state index in [2.05, 4.69) is 271 Å². The summed E-state index contributed by atoms with van der Waals surface area (Å²) in [5.74, 6) is 15.6. The Morgan fingerprint density at radius 2 is 0.431 bits per heavy atom. The normalized spacial score (nSPS) is 13.4. The van der Waals surface area contributed by atoms with Crippen molar-refractivity contribution in [1.29, 1.82) is 0 Å². The third-order valence-electron chi connectivity index (χ3n) is 17.8. The van der Waals surface area contributed by atoms with Crippen molar-refractivity contribution in [3.05, 3.63) is 69.3 Å². The van der Waals surface area contributed by atoms with Gasteiger partial charge in [0.05, 0.1) is 67.1 Å². The van der Waals surface area contributed by atoms with Crippen molar-refractivity contribution in [3.63, 3.8) is 0 Å². The molecule has 0 fully saturated rings. The van der Waals surface area contributed by atoms with Crippen LogP contribution in [0.4, 0.5) is 0 Å². The maximum absolute atomic E-state index is 5.58. The van der Waals surface area contributed by atoms with Gasteiger partial charge in [0.25, 0.3) is 0 Å². The predicted molar refractivity (Wildman–Crippen MR) is 331 cm³/mol. The number of aromatic amines is 2. The molecule has 0 radical (unpaired) electrons. The summed E-state index contributed by atoms with van der Waals surface area (Å²) in [5.41, 5.74) is 32.9. The average Bonchev–Trinajstić information content (AvgIpc) is 4.12. The van der Waals surface area contributed by atoms with Crippen LogP contribution in [0.1, 0.15) is 211 Å². The summed E-state index contributed by atoms with van der Waals surface area (Å²) in [6.07, 6.45) is 8.69. The second-order valence-corrected chi connectivity index (χ2v) is 47.4. The number of fused-ring (bicyclic) bond motifs is 8. The highest BCUT2D eigenvalue weighted by atomic mass is 28.3. The predicted octanol–water partition coefficient (Wildman–Crippen LogP) is 18.9. The van der Waals surface area contributed by atoms with Gasteiger partial charge in [-0.3, -0.25) is 0 Å². The smallest absolute Gasteiger partial charge is 0.146 e. The summed E-state index contributed by atoms with van der Waals surface area (Å²) in [6, 6.07) is 8.80. The van der Waals surface area contributed by atoms with Crippen LogP contribution in [0.15, 0.2) is 24.3 Å². The van der Waals surface area contributed by atoms with Crippen LogP contribution < -0.4 is 0 Å². The molecule has 5 rings (SSSR count). The molecule has 8 heteroatoms. The second kappa shape index (κ2) is 23.1. The maximum atomic E-state index is 5.58. The van der Waals surface area contributed by atoms with Crippen LogP contribution >= 0.6 is 0 Å². The molecule has 0 atom stereocenters. The fourth-order valence-electron chi connectivity index (χ4n) is 14.1. The van der Waals surface area contributed by atoms with Crippen molar-refractivity contribution >= 4 is 78.7 Å². The minimum atomic E-state index is -2.15. The Morgan fingerprint density at radius 3 is 0.569 bits per heavy atom. The molecule has 8 bridgehead atoms. The van der Waals surface area contributed by atoms with Crippen LogP contribution in [-0.4, -0.2) is 52.2 Å². The van der Waals surface area contributed by atoms with Gasteiger partial charge < -0.3 is 9.97 Å². The molecule has 2 aliphatic heterocycles. The van der Waals surface area contributed by atoms with Gasteiger partial charge in [-0.1, -0.05) is 190 Å². The summed E-state index contributed by atoms with van der Waals surface area (Å²) < 4.78 is 0. The first-order valence-corrected chi connectivity index (χ1v) is 36.8. The van der Waals surface area contributed by atoms with E-state index in [4.69, 9.17) is 9.97 Å². The van der Waals surface area contributed by atoms with E-state index in [1.165, 1.54) is 0 Å². The molecular weight excluding hydrogens is 937 g/mol. The van der Waals surface area contributed by atoms with Crippen LogP contribution in [-0.2, 0) is 0 Å². The highest BCUT2D eigenvalue weighted by Crippen LogP contribution is 2.44. The third-order valence-corrected chi connectivity index (χ3v) is 43.0. The first-order chi connectivity index (χ1) is 33.6. The number of aromatic nitrogens is 4. The molecule has 4 nitrogen and oxygen atoms in total. The topological polar surface area (TPSA) is 57.4 Å². The monoisotopic (exact) mass is 1030 g/mol. The largest absolute Gasteiger partial charge is 0.353 e. The van der Waals surface area contributed by atoms with Crippen molar-refractivity contribution in [2.45, 2.75) is 233 Å². The number of hydrogen-bond donors (Lipinski definition) is 2. The summed E-state index contributed by atoms with van der Waals surface area (Å²) in [4.78, 5) is 19.0. The first-order valence-electron chi connectivity index (χ1n) is 27.9. The molecule has 0 amide bonds. The lowest BCUT2D eigenvalue weighted by Gasteiger charge is -2.38. The molecule has 0 saturated heterocycles. The van der Waals surface area contributed by atoms with Gasteiger partial charge in [0, 0.05) is 0 Å². The van der Waals surface area contributed by atoms with E-state index in [9.17, 15) is 0 Å². The van der Waals surface area contributed by atoms with Gasteiger partial charge >= 0.3 is 0 Å². The summed E-state index contributed by atoms with van der Waals surface area (Å²) in [5, 5.41) is 0. The number of nitrogens with one attached hydrogen (secondary N) is 2. The van der Waals surface area contributed by atoms with Gasteiger partial charge in [-0.25, -0.2) is 9.97 Å². The molecule has 0 aliphatic carbocycles. The molecular formula is C64H94N4Si4. The van der Waals surface area contributed by atoms with Crippen molar-refractivity contribution in [2.24, 2.45) is 0 Å². The van der Waals surface area contributed by atoms with E-state index in [0.717, 1.165) is 67.1 Å². The van der Waals surface area contributed by atoms with Gasteiger partial charge in [0.1, 0.15) is 32.3 Å². The zero-order valence-electron chi connectivity index (χ0n) is 49.4. The van der Waals surface area contributed by atoms with Crippen LogP contribution in [0.3, 0.4) is 0 Å². The van der Waals surface area contributed by atoms with E-state index in [1.807, 2.05) is 0 Å². The van der Waals surface area contributed by atoms with E-state index >= 15 is 0 Å². The molecule has 0 spiro atoms. The van der Waals surface area contributed by atoms with Crippen molar-refractivity contribution in [1.82, 2.24) is 19.9 Å². The fourth-order valence-corrected chi connectivity index (χ4v) is 35.0. The zero-order valence-corrected chi connectivity index (χ0v) is 53.4. The Bertz CT molecular complexity index is 2470. The molecule has 5 heterocycles. The van der Waals surface area contributed by atoms with Crippen molar-refractivity contribution < 1.29 is 0 Å². The van der Waals surface area contributed by atoms with E-state index in [0.29, 0.717) is 66.5 Å². The van der Waals surface area contributed by atoms with Crippen LogP contribution in [0, 0.1) is 45.9 Å². The average molecular weight is 1030 g/mol. The molecule has 0 saturated carbocycles. The number of hydrogen-bond acceptors (Lipinski definition) is 2. The molecule has 3 aromatic heterocycles. The Labute approximate surface area is 443 Å². The molecule has 386 valence electrons. The molecule has 2 aliphatic rings. The Kier molecular flexibility index (Phi) is 18.8. The van der Waals surface area contributed by atoms with Gasteiger partial charge in [-0.15, -0.1) is 22.2 Å². The van der Waals surface area contributed by atoms with Crippen LogP contribution in [0.25, 0.3) is 46.4 Å². The Hall–Kier alpha value is -4.29. The summed E-state index contributed by atoms with van der Waals surface area (Å²) in [6.45, 7) is 57.3. The minimum Gasteiger partial charge on any atom is -0.353 e. The van der Waals surface area contributed by atoms with Crippen LogP contribution in [0.5, 0.6) is 0 Å². The zero-order chi connectivity index (χ0) is 54.0. The highest BCUT2D eigenvalue weighted by molar-refractivity contribution is 6.92. The van der Waals surface area contributed by atoms with Gasteiger partial charge in [0.2, 0.25) is 0 Å². The molecule has 0 unspecified atom stereocenters. The van der Waals surface area contributed by atoms with Gasteiger partial charge in [0.15, 0.2) is 0 Å². The summed E-state index contributed by atoms with van der Waals surface area (Å²) >= 11 is 0. The highest BCUT2D eigenvalue weighted by Gasteiger charge is 2.45. The van der Waals surface area contributed by atoms with E-state index in [-0.39, 0.29) is 0 Å². The maximum Gasteiger partial charge on any atom is 0.146 e. The standard InChI is InChI=1S/C64H94N4Si4/c1-41(2)69(42(3)4,43(5)6)37-33-53-57-25-27-59(65-57)54(34-38-70(44(7)8,45(9)10)46(11)12)61-29-31-63(67-61)56(36-40-72(50(19)20,51(21)22)52(23)24)64-32-30-62(68-64)55(60-28-26-58(53)66-60)35-39-71(47(13)14,48(15)16)49(17)18/h25-32,41-52,65,68H,1-24H3. The lowest BCUT2D eigenvalue weighted by Crippen LogP contribution is -2.43. The van der Waals surface area contributed by atoms with E-state index in [1.54, 1.807) is 0 Å². The SMILES string of the molecule is CC(C)[Si](C#Cc1c2nc(c(C#C[Si](C(C)C)(C(C)C)C(C)C)c3ccc([nH]3)c(C#C[Si](C(C)C)(C(C)C)C(C)C)c3nc(c(C#C[Si](C(C)C)(C(C)C)C(C)C)c4ccc1[nH]4)C=C3)C=C2)(C(C)C)C(C)C. The fraction of sp³-hybridized carbons (Fsp3) is 0.562. The lowest BCUT2D eigenvalue weighted by atomic mass is 10.2. The quantitative estimate of drug-likeness (QED) is 0.0966. The van der Waals surface area contributed by atoms with Gasteiger partial charge in [-0.05, 0) is 115 Å². The van der Waals surface area contributed by atoms with Crippen LogP contribution in [0.2, 0.25) is 66.5 Å². The second-order valence-electron chi connectivity index (χ2n) is 25.1. The molecule has 3 aromatic rings. The molecule has 2 N–H and O–H groups in total. The molecule has 72 heavy (non-hydrogen) atoms. The molecule has 0 aromatic carbocycles. The van der Waals surface area contributed by atoms with Crippen molar-refractivity contribution in [3.8, 4) is 45.9 Å². The first kappa shape index (κ1) is 58.6. The summed E-state index contributed by atoms with van der Waals surface area (Å²) in [7, 11) is -8.58. The number of rotatable bonds is 12. The minimum absolute atomic E-state index is 0.482.